The summed E-state index contributed by atoms with van der Waals surface area (Å²) in [5.41, 5.74) is 3.79. The zero-order valence-corrected chi connectivity index (χ0v) is 9.96. The Labute approximate surface area is 109 Å². The van der Waals surface area contributed by atoms with Crippen molar-refractivity contribution in [1.29, 1.82) is 0 Å². The number of hydrogen-bond donors (Lipinski definition) is 0. The summed E-state index contributed by atoms with van der Waals surface area (Å²) < 4.78 is 0. The monoisotopic (exact) mass is 247 g/mol. The molecule has 3 heteroatoms. The Morgan fingerprint density at radius 2 is 1.79 bits per heavy atom. The molecule has 4 rings (SSSR count). The molecule has 0 aromatic heterocycles. The topological polar surface area (TPSA) is 46.5 Å². The molecule has 1 amide bonds. The highest BCUT2D eigenvalue weighted by atomic mass is 16.1. The SMILES string of the molecule is O=C1C=C2c3ccccc3C(=O)C3=CC=CC(=N1)C32. The Bertz CT molecular complexity index is 763. The lowest BCUT2D eigenvalue weighted by molar-refractivity contribution is -0.113. The zero-order chi connectivity index (χ0) is 13.0. The lowest BCUT2D eigenvalue weighted by Crippen LogP contribution is -2.32. The summed E-state index contributed by atoms with van der Waals surface area (Å²) in [6.07, 6.45) is 6.96. The van der Waals surface area contributed by atoms with Gasteiger partial charge in [-0.25, -0.2) is 4.99 Å². The Balaban J connectivity index is 2.08. The molecule has 0 saturated heterocycles. The Kier molecular flexibility index (Phi) is 1.90. The van der Waals surface area contributed by atoms with Crippen LogP contribution in [-0.4, -0.2) is 17.4 Å². The number of carbonyl (C=O) groups excluding carboxylic acids is 2. The second kappa shape index (κ2) is 3.48. The number of amides is 1. The van der Waals surface area contributed by atoms with Crippen LogP contribution in [0.4, 0.5) is 0 Å². The maximum atomic E-state index is 12.5. The van der Waals surface area contributed by atoms with E-state index in [1.54, 1.807) is 18.2 Å². The van der Waals surface area contributed by atoms with E-state index < -0.39 is 0 Å². The smallest absolute Gasteiger partial charge is 0.270 e. The fourth-order valence-corrected chi connectivity index (χ4v) is 2.94. The third kappa shape index (κ3) is 1.30. The summed E-state index contributed by atoms with van der Waals surface area (Å²) in [7, 11) is 0. The number of dihydropyridines is 1. The summed E-state index contributed by atoms with van der Waals surface area (Å²) in [4.78, 5) is 28.2. The molecule has 0 bridgehead atoms. The van der Waals surface area contributed by atoms with Crippen molar-refractivity contribution in [1.82, 2.24) is 0 Å². The van der Waals surface area contributed by atoms with Crippen LogP contribution >= 0.6 is 0 Å². The number of fused-ring (bicyclic) bond motifs is 2. The van der Waals surface area contributed by atoms with Gasteiger partial charge in [0.25, 0.3) is 5.91 Å². The van der Waals surface area contributed by atoms with Crippen molar-refractivity contribution in [2.75, 3.05) is 0 Å². The quantitative estimate of drug-likeness (QED) is 0.706. The van der Waals surface area contributed by atoms with E-state index in [4.69, 9.17) is 0 Å². The van der Waals surface area contributed by atoms with Gasteiger partial charge in [-0.2, -0.15) is 0 Å². The lowest BCUT2D eigenvalue weighted by Gasteiger charge is -2.32. The maximum Gasteiger partial charge on any atom is 0.270 e. The van der Waals surface area contributed by atoms with Gasteiger partial charge in [0.05, 0.1) is 11.6 Å². The molecule has 1 aromatic rings. The molecule has 90 valence electrons. The summed E-state index contributed by atoms with van der Waals surface area (Å²) in [6, 6.07) is 7.43. The number of hydrogen-bond acceptors (Lipinski definition) is 2. The highest BCUT2D eigenvalue weighted by molar-refractivity contribution is 6.28. The molecule has 19 heavy (non-hydrogen) atoms. The molecule has 2 aliphatic carbocycles. The van der Waals surface area contributed by atoms with E-state index in [0.717, 1.165) is 11.1 Å². The molecule has 3 aliphatic rings. The zero-order valence-electron chi connectivity index (χ0n) is 9.96. The predicted octanol–water partition coefficient (Wildman–Crippen LogP) is 2.36. The van der Waals surface area contributed by atoms with E-state index in [1.807, 2.05) is 30.3 Å². The van der Waals surface area contributed by atoms with Crippen molar-refractivity contribution >= 4 is 23.0 Å². The molecule has 0 N–H and O–H groups in total. The van der Waals surface area contributed by atoms with Gasteiger partial charge in [0.1, 0.15) is 0 Å². The van der Waals surface area contributed by atoms with Gasteiger partial charge in [0, 0.05) is 17.2 Å². The van der Waals surface area contributed by atoms with E-state index in [9.17, 15) is 9.59 Å². The molecule has 1 aliphatic heterocycles. The van der Waals surface area contributed by atoms with E-state index in [0.29, 0.717) is 16.8 Å². The summed E-state index contributed by atoms with van der Waals surface area (Å²) >= 11 is 0. The largest absolute Gasteiger partial charge is 0.289 e. The van der Waals surface area contributed by atoms with Crippen molar-refractivity contribution in [3.63, 3.8) is 0 Å². The minimum absolute atomic E-state index is 0.0316. The standard InChI is InChI=1S/C16H9NO2/c18-14-8-12-9-4-1-2-5-10(9)16(19)11-6-3-7-13(17-14)15(11)12/h1-8,15H. The molecule has 0 spiro atoms. The fraction of sp³-hybridized carbons (Fsp3) is 0.0625. The minimum Gasteiger partial charge on any atom is -0.289 e. The number of allylic oxidation sites excluding steroid dienone is 5. The first kappa shape index (κ1) is 10.4. The van der Waals surface area contributed by atoms with Crippen LogP contribution in [-0.2, 0) is 4.79 Å². The second-order valence-electron chi connectivity index (χ2n) is 4.76. The average Bonchev–Trinajstić information content (AvgIpc) is 2.44. The highest BCUT2D eigenvalue weighted by Crippen LogP contribution is 2.42. The van der Waals surface area contributed by atoms with Gasteiger partial charge in [-0.1, -0.05) is 36.4 Å². The van der Waals surface area contributed by atoms with E-state index in [-0.39, 0.29) is 17.6 Å². The van der Waals surface area contributed by atoms with E-state index in [2.05, 4.69) is 4.99 Å². The Morgan fingerprint density at radius 1 is 1.00 bits per heavy atom. The van der Waals surface area contributed by atoms with Gasteiger partial charge in [0.2, 0.25) is 0 Å². The summed E-state index contributed by atoms with van der Waals surface area (Å²) in [5.74, 6) is -0.398. The maximum absolute atomic E-state index is 12.5. The van der Waals surface area contributed by atoms with Gasteiger partial charge in [-0.3, -0.25) is 9.59 Å². The van der Waals surface area contributed by atoms with E-state index >= 15 is 0 Å². The number of ketones is 1. The molecule has 1 unspecified atom stereocenters. The third-order valence-corrected chi connectivity index (χ3v) is 3.72. The van der Waals surface area contributed by atoms with Crippen LogP contribution in [0.3, 0.4) is 0 Å². The molecule has 0 fully saturated rings. The second-order valence-corrected chi connectivity index (χ2v) is 4.76. The summed E-state index contributed by atoms with van der Waals surface area (Å²) in [5, 5.41) is 0. The minimum atomic E-state index is -0.253. The van der Waals surface area contributed by atoms with E-state index in [1.165, 1.54) is 0 Å². The number of rotatable bonds is 0. The van der Waals surface area contributed by atoms with Gasteiger partial charge < -0.3 is 0 Å². The van der Waals surface area contributed by atoms with Gasteiger partial charge in [-0.05, 0) is 17.2 Å². The van der Waals surface area contributed by atoms with Crippen molar-refractivity contribution in [2.24, 2.45) is 10.9 Å². The number of benzene rings is 1. The summed E-state index contributed by atoms with van der Waals surface area (Å²) in [6.45, 7) is 0. The van der Waals surface area contributed by atoms with Crippen LogP contribution in [0.2, 0.25) is 0 Å². The first-order chi connectivity index (χ1) is 9.25. The predicted molar refractivity (Wildman–Crippen MR) is 71.9 cm³/mol. The van der Waals surface area contributed by atoms with Crippen LogP contribution in [0.15, 0.2) is 59.1 Å². The molecule has 0 saturated carbocycles. The van der Waals surface area contributed by atoms with Gasteiger partial charge >= 0.3 is 0 Å². The molecule has 1 heterocycles. The molecular weight excluding hydrogens is 238 g/mol. The number of aliphatic imine (C=N–C) groups is 1. The Morgan fingerprint density at radius 3 is 2.63 bits per heavy atom. The average molecular weight is 247 g/mol. The first-order valence-electron chi connectivity index (χ1n) is 6.12. The number of Topliss-reactive ketones (excluding diaryl/α,β-unsaturated/α-hetero) is 1. The number of nitrogens with zero attached hydrogens (tertiary/aromatic N) is 1. The fourth-order valence-electron chi connectivity index (χ4n) is 2.94. The highest BCUT2D eigenvalue weighted by Gasteiger charge is 2.39. The third-order valence-electron chi connectivity index (χ3n) is 3.72. The normalized spacial score (nSPS) is 23.2. The van der Waals surface area contributed by atoms with Crippen LogP contribution in [0, 0.1) is 5.92 Å². The van der Waals surface area contributed by atoms with Crippen LogP contribution in [0.1, 0.15) is 15.9 Å². The Hall–Kier alpha value is -2.55. The lowest BCUT2D eigenvalue weighted by atomic mass is 9.70. The first-order valence-corrected chi connectivity index (χ1v) is 6.12. The van der Waals surface area contributed by atoms with Crippen LogP contribution in [0.5, 0.6) is 0 Å². The molecule has 3 nitrogen and oxygen atoms in total. The van der Waals surface area contributed by atoms with Crippen molar-refractivity contribution in [3.05, 3.63) is 65.3 Å². The van der Waals surface area contributed by atoms with Crippen molar-refractivity contribution < 1.29 is 9.59 Å². The number of carbonyl (C=O) groups is 2. The van der Waals surface area contributed by atoms with Crippen LogP contribution in [0.25, 0.3) is 5.57 Å². The van der Waals surface area contributed by atoms with Gasteiger partial charge in [-0.15, -0.1) is 0 Å². The van der Waals surface area contributed by atoms with Crippen molar-refractivity contribution in [2.45, 2.75) is 0 Å². The van der Waals surface area contributed by atoms with Crippen molar-refractivity contribution in [3.8, 4) is 0 Å². The molecule has 1 atom stereocenters. The van der Waals surface area contributed by atoms with Gasteiger partial charge in [0.15, 0.2) is 5.78 Å². The molecular formula is C16H9NO2. The molecule has 0 radical (unpaired) electrons. The molecule has 1 aromatic carbocycles. The van der Waals surface area contributed by atoms with Crippen LogP contribution < -0.4 is 0 Å².